The maximum atomic E-state index is 12.6. The molecule has 1 aromatic heterocycles. The number of pyridine rings is 1. The summed E-state index contributed by atoms with van der Waals surface area (Å²) in [5, 5.41) is 3.75. The van der Waals surface area contributed by atoms with Gasteiger partial charge in [-0.2, -0.15) is 0 Å². The van der Waals surface area contributed by atoms with Crippen LogP contribution in [0.15, 0.2) is 77.7 Å². The molecule has 6 heteroatoms. The monoisotopic (exact) mass is 430 g/mol. The second-order valence-electron chi connectivity index (χ2n) is 7.66. The van der Waals surface area contributed by atoms with E-state index in [4.69, 9.17) is 0 Å². The van der Waals surface area contributed by atoms with E-state index in [2.05, 4.69) is 10.3 Å². The van der Waals surface area contributed by atoms with E-state index in [0.717, 1.165) is 33.2 Å². The molecule has 1 heterocycles. The van der Waals surface area contributed by atoms with Gasteiger partial charge in [-0.05, 0) is 84.6 Å². The van der Waals surface area contributed by atoms with Crippen LogP contribution in [-0.4, -0.2) is 25.6 Å². The van der Waals surface area contributed by atoms with Gasteiger partial charge in [-0.1, -0.05) is 24.3 Å². The van der Waals surface area contributed by atoms with Gasteiger partial charge in [-0.15, -0.1) is 0 Å². The van der Waals surface area contributed by atoms with Crippen molar-refractivity contribution in [3.63, 3.8) is 0 Å². The number of fused-ring (bicyclic) bond motifs is 1. The summed E-state index contributed by atoms with van der Waals surface area (Å²) in [7, 11) is -3.27. The first-order chi connectivity index (χ1) is 14.7. The first-order valence-electron chi connectivity index (χ1n) is 9.81. The molecule has 0 fully saturated rings. The van der Waals surface area contributed by atoms with E-state index in [1.54, 1.807) is 30.3 Å². The molecule has 1 N–H and O–H groups in total. The Labute approximate surface area is 181 Å². The number of aryl methyl sites for hydroxylation is 2. The molecular formula is C25H22N2O3S. The van der Waals surface area contributed by atoms with E-state index in [1.807, 2.05) is 56.3 Å². The summed E-state index contributed by atoms with van der Waals surface area (Å²) in [6.45, 7) is 3.98. The highest BCUT2D eigenvalue weighted by atomic mass is 32.2. The summed E-state index contributed by atoms with van der Waals surface area (Å²) < 4.78 is 23.7. The van der Waals surface area contributed by atoms with Gasteiger partial charge in [-0.3, -0.25) is 4.79 Å². The van der Waals surface area contributed by atoms with Crippen molar-refractivity contribution >= 4 is 32.5 Å². The Balaban J connectivity index is 1.61. The third-order valence-corrected chi connectivity index (χ3v) is 6.41. The van der Waals surface area contributed by atoms with E-state index < -0.39 is 9.84 Å². The first kappa shape index (κ1) is 20.8. The molecule has 0 aliphatic rings. The fourth-order valence-electron chi connectivity index (χ4n) is 3.35. The maximum absolute atomic E-state index is 12.6. The number of rotatable bonds is 4. The number of benzene rings is 3. The number of carbonyl (C=O) groups excluding carboxylic acids is 1. The predicted molar refractivity (Wildman–Crippen MR) is 124 cm³/mol. The van der Waals surface area contributed by atoms with E-state index >= 15 is 0 Å². The smallest absolute Gasteiger partial charge is 0.256 e. The predicted octanol–water partition coefficient (Wildman–Crippen LogP) is 5.17. The average molecular weight is 431 g/mol. The van der Waals surface area contributed by atoms with Crippen molar-refractivity contribution in [2.24, 2.45) is 0 Å². The number of anilines is 1. The van der Waals surface area contributed by atoms with Crippen LogP contribution in [-0.2, 0) is 9.84 Å². The van der Waals surface area contributed by atoms with Crippen molar-refractivity contribution in [1.29, 1.82) is 0 Å². The standard InChI is InChI=1S/C25H22N2O3S/c1-16-7-8-21(13-17(16)2)25(28)27-24-12-10-20-14-19(9-11-23(20)26-24)18-5-4-6-22(15-18)31(3,29)30/h4-15H,1-3H3,(H,26,27,28). The molecule has 31 heavy (non-hydrogen) atoms. The van der Waals surface area contributed by atoms with Crippen LogP contribution in [0.25, 0.3) is 22.0 Å². The minimum atomic E-state index is -3.27. The molecule has 4 rings (SSSR count). The largest absolute Gasteiger partial charge is 0.307 e. The number of sulfone groups is 1. The Hall–Kier alpha value is -3.51. The van der Waals surface area contributed by atoms with Gasteiger partial charge in [0.15, 0.2) is 9.84 Å². The lowest BCUT2D eigenvalue weighted by atomic mass is 10.0. The Morgan fingerprint density at radius 3 is 2.35 bits per heavy atom. The SMILES string of the molecule is Cc1ccc(C(=O)Nc2ccc3cc(-c4cccc(S(C)(=O)=O)c4)ccc3n2)cc1C. The quantitative estimate of drug-likeness (QED) is 0.484. The zero-order valence-corrected chi connectivity index (χ0v) is 18.3. The van der Waals surface area contributed by atoms with Gasteiger partial charge in [0.2, 0.25) is 0 Å². The number of hydrogen-bond donors (Lipinski definition) is 1. The van der Waals surface area contributed by atoms with Crippen LogP contribution in [0.2, 0.25) is 0 Å². The molecule has 5 nitrogen and oxygen atoms in total. The fraction of sp³-hybridized carbons (Fsp3) is 0.120. The number of aromatic nitrogens is 1. The molecule has 0 bridgehead atoms. The van der Waals surface area contributed by atoms with Crippen LogP contribution < -0.4 is 5.32 Å². The second kappa shape index (κ2) is 7.96. The lowest BCUT2D eigenvalue weighted by Crippen LogP contribution is -2.13. The van der Waals surface area contributed by atoms with Gasteiger partial charge >= 0.3 is 0 Å². The summed E-state index contributed by atoms with van der Waals surface area (Å²) in [5.41, 5.74) is 5.24. The summed E-state index contributed by atoms with van der Waals surface area (Å²) in [6, 6.07) is 21.8. The summed E-state index contributed by atoms with van der Waals surface area (Å²) in [6.07, 6.45) is 1.20. The van der Waals surface area contributed by atoms with E-state index in [9.17, 15) is 13.2 Å². The molecule has 0 saturated heterocycles. The van der Waals surface area contributed by atoms with Crippen LogP contribution in [0.3, 0.4) is 0 Å². The molecule has 0 aliphatic heterocycles. The Morgan fingerprint density at radius 1 is 0.839 bits per heavy atom. The van der Waals surface area contributed by atoms with Crippen molar-refractivity contribution in [1.82, 2.24) is 4.98 Å². The molecular weight excluding hydrogens is 408 g/mol. The number of amides is 1. The highest BCUT2D eigenvalue weighted by molar-refractivity contribution is 7.90. The molecule has 156 valence electrons. The van der Waals surface area contributed by atoms with Gasteiger partial charge in [-0.25, -0.2) is 13.4 Å². The van der Waals surface area contributed by atoms with E-state index in [1.165, 1.54) is 6.26 Å². The Kier molecular flexibility index (Phi) is 5.33. The molecule has 0 aliphatic carbocycles. The zero-order valence-electron chi connectivity index (χ0n) is 17.5. The third-order valence-electron chi connectivity index (χ3n) is 5.30. The number of nitrogens with zero attached hydrogens (tertiary/aromatic N) is 1. The van der Waals surface area contributed by atoms with Gasteiger partial charge in [0.25, 0.3) is 5.91 Å². The topological polar surface area (TPSA) is 76.1 Å². The lowest BCUT2D eigenvalue weighted by Gasteiger charge is -2.09. The van der Waals surface area contributed by atoms with Gasteiger partial charge in [0.1, 0.15) is 5.82 Å². The van der Waals surface area contributed by atoms with E-state index in [0.29, 0.717) is 11.4 Å². The third kappa shape index (κ3) is 4.49. The molecule has 0 spiro atoms. The van der Waals surface area contributed by atoms with Gasteiger partial charge in [0.05, 0.1) is 10.4 Å². The van der Waals surface area contributed by atoms with Crippen LogP contribution >= 0.6 is 0 Å². The summed E-state index contributed by atoms with van der Waals surface area (Å²) in [5.74, 6) is 0.270. The number of nitrogens with one attached hydrogen (secondary N) is 1. The summed E-state index contributed by atoms with van der Waals surface area (Å²) in [4.78, 5) is 17.4. The Morgan fingerprint density at radius 2 is 1.61 bits per heavy atom. The second-order valence-corrected chi connectivity index (χ2v) is 9.67. The van der Waals surface area contributed by atoms with E-state index in [-0.39, 0.29) is 10.8 Å². The average Bonchev–Trinajstić information content (AvgIpc) is 2.74. The maximum Gasteiger partial charge on any atom is 0.256 e. The minimum absolute atomic E-state index is 0.204. The van der Waals surface area contributed by atoms with Crippen LogP contribution in [0.1, 0.15) is 21.5 Å². The molecule has 0 radical (unpaired) electrons. The summed E-state index contributed by atoms with van der Waals surface area (Å²) >= 11 is 0. The van der Waals surface area contributed by atoms with Gasteiger partial charge < -0.3 is 5.32 Å². The number of carbonyl (C=O) groups is 1. The van der Waals surface area contributed by atoms with Gasteiger partial charge in [0, 0.05) is 17.2 Å². The molecule has 0 saturated carbocycles. The molecule has 0 unspecified atom stereocenters. The van der Waals surface area contributed by atoms with Crippen molar-refractivity contribution < 1.29 is 13.2 Å². The lowest BCUT2D eigenvalue weighted by molar-refractivity contribution is 0.102. The van der Waals surface area contributed by atoms with Crippen molar-refractivity contribution in [3.05, 3.63) is 89.5 Å². The normalized spacial score (nSPS) is 11.5. The van der Waals surface area contributed by atoms with Crippen molar-refractivity contribution in [2.75, 3.05) is 11.6 Å². The van der Waals surface area contributed by atoms with Crippen molar-refractivity contribution in [2.45, 2.75) is 18.7 Å². The number of hydrogen-bond acceptors (Lipinski definition) is 4. The van der Waals surface area contributed by atoms with Crippen LogP contribution in [0.4, 0.5) is 5.82 Å². The highest BCUT2D eigenvalue weighted by Crippen LogP contribution is 2.26. The van der Waals surface area contributed by atoms with Crippen molar-refractivity contribution in [3.8, 4) is 11.1 Å². The van der Waals surface area contributed by atoms with Crippen LogP contribution in [0, 0.1) is 13.8 Å². The molecule has 3 aromatic carbocycles. The molecule has 4 aromatic rings. The Bertz CT molecular complexity index is 1430. The zero-order chi connectivity index (χ0) is 22.2. The first-order valence-corrected chi connectivity index (χ1v) is 11.7. The molecule has 0 atom stereocenters. The fourth-order valence-corrected chi connectivity index (χ4v) is 4.02. The molecule has 1 amide bonds. The minimum Gasteiger partial charge on any atom is -0.307 e. The van der Waals surface area contributed by atoms with Crippen LogP contribution in [0.5, 0.6) is 0 Å². The highest BCUT2D eigenvalue weighted by Gasteiger charge is 2.11.